The van der Waals surface area contributed by atoms with Crippen LogP contribution in [-0.2, 0) is 11.3 Å². The Kier molecular flexibility index (Phi) is 4.69. The van der Waals surface area contributed by atoms with Crippen LogP contribution >= 0.6 is 23.2 Å². The van der Waals surface area contributed by atoms with Crippen LogP contribution in [0.25, 0.3) is 10.9 Å². The molecule has 25 heavy (non-hydrogen) atoms. The minimum Gasteiger partial charge on any atom is -0.320 e. The molecule has 0 saturated heterocycles. The molecule has 5 nitrogen and oxygen atoms in total. The van der Waals surface area contributed by atoms with E-state index in [-0.39, 0.29) is 20.9 Å². The van der Waals surface area contributed by atoms with Crippen LogP contribution in [0.3, 0.4) is 0 Å². The van der Waals surface area contributed by atoms with Crippen LogP contribution in [0.4, 0.5) is 14.5 Å². The molecule has 1 N–H and O–H groups in total. The summed E-state index contributed by atoms with van der Waals surface area (Å²) in [6.07, 6.45) is 1.13. The van der Waals surface area contributed by atoms with E-state index in [1.165, 1.54) is 18.2 Å². The number of halogens is 4. The Bertz CT molecular complexity index is 1030. The van der Waals surface area contributed by atoms with Gasteiger partial charge in [0, 0.05) is 5.02 Å². The summed E-state index contributed by atoms with van der Waals surface area (Å²) >= 11 is 11.8. The fourth-order valence-corrected chi connectivity index (χ4v) is 2.80. The number of anilines is 1. The predicted molar refractivity (Wildman–Crippen MR) is 91.0 cm³/mol. The summed E-state index contributed by atoms with van der Waals surface area (Å²) < 4.78 is 28.1. The van der Waals surface area contributed by atoms with Gasteiger partial charge in [0.1, 0.15) is 23.9 Å². The van der Waals surface area contributed by atoms with Crippen molar-refractivity contribution in [1.82, 2.24) is 9.55 Å². The van der Waals surface area contributed by atoms with Crippen molar-refractivity contribution >= 4 is 45.7 Å². The SMILES string of the molecule is O=C(Cn1cnc2c(Cl)cc(Cl)cc2c1=O)Nc1c(F)cccc1F. The lowest BCUT2D eigenvalue weighted by Crippen LogP contribution is -2.28. The number of amides is 1. The van der Waals surface area contributed by atoms with E-state index in [0.29, 0.717) is 0 Å². The number of nitrogens with one attached hydrogen (secondary N) is 1. The van der Waals surface area contributed by atoms with Gasteiger partial charge < -0.3 is 5.32 Å². The number of carbonyl (C=O) groups excluding carboxylic acids is 1. The maximum Gasteiger partial charge on any atom is 0.261 e. The number of nitrogens with zero attached hydrogens (tertiary/aromatic N) is 2. The number of aromatic nitrogens is 2. The highest BCUT2D eigenvalue weighted by Crippen LogP contribution is 2.24. The molecule has 1 heterocycles. The molecule has 0 bridgehead atoms. The molecule has 128 valence electrons. The molecule has 0 atom stereocenters. The molecule has 0 aliphatic heterocycles. The molecule has 3 rings (SSSR count). The van der Waals surface area contributed by atoms with Gasteiger partial charge in [0.2, 0.25) is 5.91 Å². The first-order valence-electron chi connectivity index (χ1n) is 6.95. The zero-order chi connectivity index (χ0) is 18.1. The van der Waals surface area contributed by atoms with Crippen LogP contribution in [0.1, 0.15) is 0 Å². The van der Waals surface area contributed by atoms with E-state index in [2.05, 4.69) is 10.3 Å². The van der Waals surface area contributed by atoms with Crippen LogP contribution in [-0.4, -0.2) is 15.5 Å². The molecule has 1 amide bonds. The van der Waals surface area contributed by atoms with Crippen molar-refractivity contribution in [2.75, 3.05) is 5.32 Å². The Morgan fingerprint density at radius 3 is 2.56 bits per heavy atom. The highest BCUT2D eigenvalue weighted by atomic mass is 35.5. The molecule has 0 aliphatic carbocycles. The van der Waals surface area contributed by atoms with E-state index >= 15 is 0 Å². The predicted octanol–water partition coefficient (Wildman–Crippen LogP) is 3.62. The molecule has 3 aromatic rings. The number of carbonyl (C=O) groups is 1. The molecule has 0 aliphatic rings. The largest absolute Gasteiger partial charge is 0.320 e. The third-order valence-corrected chi connectivity index (χ3v) is 3.89. The summed E-state index contributed by atoms with van der Waals surface area (Å²) in [6.45, 7) is -0.486. The summed E-state index contributed by atoms with van der Waals surface area (Å²) in [5, 5.41) is 2.67. The van der Waals surface area contributed by atoms with Crippen molar-refractivity contribution in [1.29, 1.82) is 0 Å². The summed E-state index contributed by atoms with van der Waals surface area (Å²) in [7, 11) is 0. The first-order valence-corrected chi connectivity index (χ1v) is 7.70. The van der Waals surface area contributed by atoms with E-state index in [4.69, 9.17) is 23.2 Å². The Hall–Kier alpha value is -2.51. The highest BCUT2D eigenvalue weighted by Gasteiger charge is 2.14. The van der Waals surface area contributed by atoms with Crippen molar-refractivity contribution in [3.63, 3.8) is 0 Å². The van der Waals surface area contributed by atoms with Gasteiger partial charge in [-0.3, -0.25) is 14.2 Å². The Balaban J connectivity index is 1.92. The standard InChI is InChI=1S/C16H9Cl2F2N3O2/c17-8-4-9-14(10(18)5-8)21-7-23(16(9)25)6-13(24)22-15-11(19)2-1-3-12(15)20/h1-5,7H,6H2,(H,22,24). The van der Waals surface area contributed by atoms with Crippen LogP contribution in [0.2, 0.25) is 10.0 Å². The Morgan fingerprint density at radius 2 is 1.88 bits per heavy atom. The molecule has 0 fully saturated rings. The second-order valence-corrected chi connectivity index (χ2v) is 5.95. The minimum atomic E-state index is -0.920. The maximum absolute atomic E-state index is 13.6. The van der Waals surface area contributed by atoms with Gasteiger partial charge in [0.25, 0.3) is 5.56 Å². The number of hydrogen-bond donors (Lipinski definition) is 1. The molecular formula is C16H9Cl2F2N3O2. The molecule has 0 saturated carbocycles. The summed E-state index contributed by atoms with van der Waals surface area (Å²) in [6, 6.07) is 6.00. The van der Waals surface area contributed by atoms with Crippen LogP contribution < -0.4 is 10.9 Å². The van der Waals surface area contributed by atoms with Crippen LogP contribution in [0, 0.1) is 11.6 Å². The number of fused-ring (bicyclic) bond motifs is 1. The fourth-order valence-electron chi connectivity index (χ4n) is 2.26. The average Bonchev–Trinajstić information content (AvgIpc) is 2.54. The second kappa shape index (κ2) is 6.78. The number of benzene rings is 2. The topological polar surface area (TPSA) is 64.0 Å². The number of hydrogen-bond acceptors (Lipinski definition) is 3. The first kappa shape index (κ1) is 17.3. The number of para-hydroxylation sites is 1. The third kappa shape index (κ3) is 3.47. The van der Waals surface area contributed by atoms with Gasteiger partial charge in [-0.1, -0.05) is 29.3 Å². The zero-order valence-electron chi connectivity index (χ0n) is 12.4. The lowest BCUT2D eigenvalue weighted by Gasteiger charge is -2.10. The van der Waals surface area contributed by atoms with E-state index in [9.17, 15) is 18.4 Å². The summed E-state index contributed by atoms with van der Waals surface area (Å²) in [4.78, 5) is 28.5. The van der Waals surface area contributed by atoms with E-state index < -0.39 is 35.3 Å². The highest BCUT2D eigenvalue weighted by molar-refractivity contribution is 6.38. The van der Waals surface area contributed by atoms with Crippen molar-refractivity contribution in [3.05, 3.63) is 68.7 Å². The van der Waals surface area contributed by atoms with Gasteiger partial charge in [-0.25, -0.2) is 13.8 Å². The molecule has 0 unspecified atom stereocenters. The second-order valence-electron chi connectivity index (χ2n) is 5.11. The summed E-state index contributed by atoms with van der Waals surface area (Å²) in [5.74, 6) is -2.63. The molecule has 9 heteroatoms. The van der Waals surface area contributed by atoms with Crippen molar-refractivity contribution in [2.24, 2.45) is 0 Å². The quantitative estimate of drug-likeness (QED) is 0.750. The van der Waals surface area contributed by atoms with Gasteiger partial charge in [0.05, 0.1) is 22.3 Å². The molecule has 0 radical (unpaired) electrons. The lowest BCUT2D eigenvalue weighted by molar-refractivity contribution is -0.116. The van der Waals surface area contributed by atoms with Crippen LogP contribution in [0.5, 0.6) is 0 Å². The molecular weight excluding hydrogens is 375 g/mol. The average molecular weight is 384 g/mol. The first-order chi connectivity index (χ1) is 11.9. The summed E-state index contributed by atoms with van der Waals surface area (Å²) in [5.41, 5.74) is -0.896. The van der Waals surface area contributed by atoms with E-state index in [1.807, 2.05) is 0 Å². The third-order valence-electron chi connectivity index (χ3n) is 3.39. The monoisotopic (exact) mass is 383 g/mol. The van der Waals surface area contributed by atoms with Gasteiger partial charge in [-0.2, -0.15) is 0 Å². The molecule has 1 aromatic heterocycles. The number of rotatable bonds is 3. The fraction of sp³-hybridized carbons (Fsp3) is 0.0625. The van der Waals surface area contributed by atoms with Crippen molar-refractivity contribution in [3.8, 4) is 0 Å². The Morgan fingerprint density at radius 1 is 1.20 bits per heavy atom. The minimum absolute atomic E-state index is 0.130. The molecule has 0 spiro atoms. The maximum atomic E-state index is 13.6. The van der Waals surface area contributed by atoms with Crippen LogP contribution in [0.15, 0.2) is 41.5 Å². The molecule has 2 aromatic carbocycles. The van der Waals surface area contributed by atoms with Crippen molar-refractivity contribution in [2.45, 2.75) is 6.54 Å². The van der Waals surface area contributed by atoms with E-state index in [1.54, 1.807) is 0 Å². The zero-order valence-corrected chi connectivity index (χ0v) is 13.9. The van der Waals surface area contributed by atoms with Crippen molar-refractivity contribution < 1.29 is 13.6 Å². The van der Waals surface area contributed by atoms with Gasteiger partial charge in [0.15, 0.2) is 0 Å². The Labute approximate surface area is 149 Å². The normalized spacial score (nSPS) is 10.9. The van der Waals surface area contributed by atoms with Gasteiger partial charge in [-0.15, -0.1) is 0 Å². The van der Waals surface area contributed by atoms with E-state index in [0.717, 1.165) is 23.0 Å². The smallest absolute Gasteiger partial charge is 0.261 e. The lowest BCUT2D eigenvalue weighted by atomic mass is 10.2. The van der Waals surface area contributed by atoms with Gasteiger partial charge >= 0.3 is 0 Å². The van der Waals surface area contributed by atoms with Gasteiger partial charge in [-0.05, 0) is 24.3 Å².